The van der Waals surface area contributed by atoms with Gasteiger partial charge in [0.25, 0.3) is 0 Å². The quantitative estimate of drug-likeness (QED) is 0.817. The Hall–Kier alpha value is -1.80. The van der Waals surface area contributed by atoms with Crippen LogP contribution in [0.15, 0.2) is 24.3 Å². The summed E-state index contributed by atoms with van der Waals surface area (Å²) in [4.78, 5) is 12.4. The van der Waals surface area contributed by atoms with Crippen LogP contribution in [-0.4, -0.2) is 48.8 Å². The van der Waals surface area contributed by atoms with Crippen molar-refractivity contribution in [3.05, 3.63) is 29.8 Å². The Kier molecular flexibility index (Phi) is 5.98. The summed E-state index contributed by atoms with van der Waals surface area (Å²) in [5.41, 5.74) is 4.39. The van der Waals surface area contributed by atoms with E-state index in [-0.39, 0.29) is 31.4 Å². The largest absolute Gasteiger partial charge is 0.491 e. The summed E-state index contributed by atoms with van der Waals surface area (Å²) in [6.45, 7) is -0.285. The first kappa shape index (κ1) is 17.3. The lowest BCUT2D eigenvalue weighted by molar-refractivity contribution is -0.137. The van der Waals surface area contributed by atoms with E-state index >= 15 is 0 Å². The van der Waals surface area contributed by atoms with E-state index in [9.17, 15) is 23.1 Å². The molecule has 8 heteroatoms. The molecule has 0 aliphatic carbocycles. The minimum absolute atomic E-state index is 0.0245. The van der Waals surface area contributed by atoms with E-state index in [0.717, 1.165) is 12.1 Å². The number of likely N-dealkylation sites (N-methyl/N-ethyl adjacent to an activating group) is 1. The molecule has 1 rings (SSSR count). The standard InChI is InChI=1S/C13H17F3N2O3/c1-18(12(20)6-17)7-10(19)8-21-11-4-2-9(3-5-11)13(14,15)16/h2-5,10,19H,6-8,17H2,1H3. The number of hydrogen-bond acceptors (Lipinski definition) is 4. The Bertz CT molecular complexity index is 463. The molecular formula is C13H17F3N2O3. The van der Waals surface area contributed by atoms with E-state index in [4.69, 9.17) is 10.5 Å². The molecule has 0 radical (unpaired) electrons. The van der Waals surface area contributed by atoms with E-state index in [0.29, 0.717) is 0 Å². The summed E-state index contributed by atoms with van der Waals surface area (Å²) in [5, 5.41) is 9.67. The highest BCUT2D eigenvalue weighted by molar-refractivity contribution is 5.77. The van der Waals surface area contributed by atoms with Gasteiger partial charge in [-0.15, -0.1) is 0 Å². The normalized spacial score (nSPS) is 12.9. The van der Waals surface area contributed by atoms with Crippen LogP contribution in [0.3, 0.4) is 0 Å². The van der Waals surface area contributed by atoms with Gasteiger partial charge in [-0.1, -0.05) is 0 Å². The number of aliphatic hydroxyl groups is 1. The number of carbonyl (C=O) groups is 1. The van der Waals surface area contributed by atoms with Crippen molar-refractivity contribution in [1.82, 2.24) is 4.90 Å². The second-order valence-electron chi connectivity index (χ2n) is 4.47. The zero-order valence-electron chi connectivity index (χ0n) is 11.4. The molecule has 3 N–H and O–H groups in total. The fourth-order valence-electron chi connectivity index (χ4n) is 1.56. The van der Waals surface area contributed by atoms with Crippen molar-refractivity contribution in [1.29, 1.82) is 0 Å². The zero-order valence-corrected chi connectivity index (χ0v) is 11.4. The van der Waals surface area contributed by atoms with E-state index in [1.54, 1.807) is 0 Å². The second-order valence-corrected chi connectivity index (χ2v) is 4.47. The number of halogens is 3. The third-order valence-electron chi connectivity index (χ3n) is 2.71. The topological polar surface area (TPSA) is 75.8 Å². The molecule has 1 amide bonds. The van der Waals surface area contributed by atoms with Crippen molar-refractivity contribution in [3.63, 3.8) is 0 Å². The van der Waals surface area contributed by atoms with Crippen molar-refractivity contribution in [2.75, 3.05) is 26.7 Å². The van der Waals surface area contributed by atoms with Crippen molar-refractivity contribution in [2.45, 2.75) is 12.3 Å². The van der Waals surface area contributed by atoms with Crippen LogP contribution in [0.5, 0.6) is 5.75 Å². The molecule has 21 heavy (non-hydrogen) atoms. The van der Waals surface area contributed by atoms with E-state index < -0.39 is 17.8 Å². The van der Waals surface area contributed by atoms with Crippen LogP contribution in [0.1, 0.15) is 5.56 Å². The molecule has 5 nitrogen and oxygen atoms in total. The van der Waals surface area contributed by atoms with Gasteiger partial charge in [0.15, 0.2) is 0 Å². The number of aliphatic hydroxyl groups excluding tert-OH is 1. The Balaban J connectivity index is 2.46. The molecule has 0 heterocycles. The van der Waals surface area contributed by atoms with Crippen LogP contribution >= 0.6 is 0 Å². The molecule has 0 bridgehead atoms. The van der Waals surface area contributed by atoms with E-state index in [1.165, 1.54) is 24.1 Å². The highest BCUT2D eigenvalue weighted by Gasteiger charge is 2.30. The number of carbonyl (C=O) groups excluding carboxylic acids is 1. The molecule has 1 unspecified atom stereocenters. The molecule has 0 saturated heterocycles. The summed E-state index contributed by atoms with van der Waals surface area (Å²) in [6.07, 6.45) is -5.36. The second kappa shape index (κ2) is 7.28. The van der Waals surface area contributed by atoms with Crippen molar-refractivity contribution < 1.29 is 27.8 Å². The third kappa shape index (κ3) is 5.60. The summed E-state index contributed by atoms with van der Waals surface area (Å²) in [6, 6.07) is 4.13. The summed E-state index contributed by atoms with van der Waals surface area (Å²) in [7, 11) is 1.48. The van der Waals surface area contributed by atoms with Gasteiger partial charge in [0.1, 0.15) is 18.5 Å². The fourth-order valence-corrected chi connectivity index (χ4v) is 1.56. The van der Waals surface area contributed by atoms with Crippen LogP contribution in [0.2, 0.25) is 0 Å². The van der Waals surface area contributed by atoms with Gasteiger partial charge in [-0.05, 0) is 24.3 Å². The van der Waals surface area contributed by atoms with Crippen molar-refractivity contribution in [2.24, 2.45) is 5.73 Å². The molecule has 0 aromatic heterocycles. The monoisotopic (exact) mass is 306 g/mol. The average molecular weight is 306 g/mol. The number of hydrogen-bond donors (Lipinski definition) is 2. The minimum Gasteiger partial charge on any atom is -0.491 e. The fraction of sp³-hybridized carbons (Fsp3) is 0.462. The maximum Gasteiger partial charge on any atom is 0.416 e. The molecule has 0 spiro atoms. The van der Waals surface area contributed by atoms with Crippen molar-refractivity contribution in [3.8, 4) is 5.75 Å². The Morgan fingerprint density at radius 1 is 1.38 bits per heavy atom. The van der Waals surface area contributed by atoms with Crippen LogP contribution in [0.4, 0.5) is 13.2 Å². The molecule has 0 aliphatic heterocycles. The van der Waals surface area contributed by atoms with Gasteiger partial charge in [0.2, 0.25) is 5.91 Å². The van der Waals surface area contributed by atoms with Gasteiger partial charge >= 0.3 is 6.18 Å². The predicted octanol–water partition coefficient (Wildman–Crippen LogP) is 0.862. The molecule has 118 valence electrons. The SMILES string of the molecule is CN(CC(O)COc1ccc(C(F)(F)F)cc1)C(=O)CN. The maximum absolute atomic E-state index is 12.4. The van der Waals surface area contributed by atoms with Crippen molar-refractivity contribution >= 4 is 5.91 Å². The van der Waals surface area contributed by atoms with Gasteiger partial charge in [-0.2, -0.15) is 13.2 Å². The smallest absolute Gasteiger partial charge is 0.416 e. The number of alkyl halides is 3. The van der Waals surface area contributed by atoms with Gasteiger partial charge < -0.3 is 20.5 Å². The van der Waals surface area contributed by atoms with Gasteiger partial charge in [0.05, 0.1) is 12.1 Å². The molecule has 1 atom stereocenters. The predicted molar refractivity (Wildman–Crippen MR) is 69.6 cm³/mol. The molecular weight excluding hydrogens is 289 g/mol. The lowest BCUT2D eigenvalue weighted by atomic mass is 10.2. The lowest BCUT2D eigenvalue weighted by Crippen LogP contribution is -2.39. The van der Waals surface area contributed by atoms with E-state index in [1.807, 2.05) is 0 Å². The molecule has 0 fully saturated rings. The van der Waals surface area contributed by atoms with Crippen LogP contribution in [0, 0.1) is 0 Å². The number of rotatable bonds is 6. The van der Waals surface area contributed by atoms with Gasteiger partial charge in [0, 0.05) is 13.6 Å². The van der Waals surface area contributed by atoms with Crippen LogP contribution in [0.25, 0.3) is 0 Å². The summed E-state index contributed by atoms with van der Waals surface area (Å²) in [5.74, 6) is -0.126. The molecule has 1 aromatic rings. The highest BCUT2D eigenvalue weighted by Crippen LogP contribution is 2.30. The number of ether oxygens (including phenoxy) is 1. The Labute approximate surface area is 120 Å². The Morgan fingerprint density at radius 3 is 2.43 bits per heavy atom. The van der Waals surface area contributed by atoms with E-state index in [2.05, 4.69) is 0 Å². The number of benzene rings is 1. The highest BCUT2D eigenvalue weighted by atomic mass is 19.4. The first-order chi connectivity index (χ1) is 9.74. The molecule has 0 aliphatic rings. The summed E-state index contributed by atoms with van der Waals surface area (Å²) < 4.78 is 42.2. The number of nitrogens with zero attached hydrogens (tertiary/aromatic N) is 1. The number of amides is 1. The molecule has 0 saturated carbocycles. The summed E-state index contributed by atoms with van der Waals surface area (Å²) >= 11 is 0. The van der Waals surface area contributed by atoms with Gasteiger partial charge in [-0.3, -0.25) is 4.79 Å². The van der Waals surface area contributed by atoms with Gasteiger partial charge in [-0.25, -0.2) is 0 Å². The zero-order chi connectivity index (χ0) is 16.0. The average Bonchev–Trinajstić information content (AvgIpc) is 2.43. The first-order valence-corrected chi connectivity index (χ1v) is 6.16. The van der Waals surface area contributed by atoms with Crippen LogP contribution < -0.4 is 10.5 Å². The third-order valence-corrected chi connectivity index (χ3v) is 2.71. The maximum atomic E-state index is 12.4. The molecule has 1 aromatic carbocycles. The number of nitrogens with two attached hydrogens (primary N) is 1. The van der Waals surface area contributed by atoms with Crippen LogP contribution in [-0.2, 0) is 11.0 Å². The first-order valence-electron chi connectivity index (χ1n) is 6.16. The minimum atomic E-state index is -4.40. The Morgan fingerprint density at radius 2 is 1.95 bits per heavy atom. The lowest BCUT2D eigenvalue weighted by Gasteiger charge is -2.20.